The fourth-order valence-electron chi connectivity index (χ4n) is 1.19. The smallest absolute Gasteiger partial charge is 2.00 e. The van der Waals surface area contributed by atoms with Crippen molar-refractivity contribution < 1.29 is 46.4 Å². The third-order valence-electron chi connectivity index (χ3n) is 1.76. The van der Waals surface area contributed by atoms with E-state index >= 15 is 0 Å². The molecule has 0 fully saturated rings. The summed E-state index contributed by atoms with van der Waals surface area (Å²) < 4.78 is 2.53. The topological polar surface area (TPSA) is 161 Å². The molecule has 0 amide bonds. The quantitative estimate of drug-likeness (QED) is 0.667. The standard InChI is InChI=1S/C8H8N4O2.3O.Tc/c13-8(14)7(11-5-1-3-9-11)12-6-2-4-10-12;;;;/h1-7H,(H,13,14);;;;/q;3*-2;+7/p-1. The molecule has 9 nitrogen and oxygen atoms in total. The van der Waals surface area contributed by atoms with Crippen molar-refractivity contribution >= 4 is 5.97 Å². The summed E-state index contributed by atoms with van der Waals surface area (Å²) in [7, 11) is 0. The second kappa shape index (κ2) is 9.45. The third kappa shape index (κ3) is 4.35. The monoisotopic (exact) mass is 336 g/mol. The molecule has 0 bridgehead atoms. The number of hydrogen-bond acceptors (Lipinski definition) is 4. The molecule has 2 aromatic heterocycles. The van der Waals surface area contributed by atoms with Gasteiger partial charge in [0, 0.05) is 24.8 Å². The average molecular weight is 337 g/mol. The van der Waals surface area contributed by atoms with Crippen molar-refractivity contribution in [1.29, 1.82) is 0 Å². The first-order chi connectivity index (χ1) is 6.79. The van der Waals surface area contributed by atoms with Gasteiger partial charge in [-0.2, -0.15) is 10.2 Å². The van der Waals surface area contributed by atoms with Crippen LogP contribution in [0.2, 0.25) is 0 Å². The first kappa shape index (κ1) is 21.7. The van der Waals surface area contributed by atoms with Gasteiger partial charge in [0.2, 0.25) is 0 Å². The minimum atomic E-state index is -1.25. The molecule has 2 rings (SSSR count). The number of carboxylic acids is 1. The molecule has 0 aliphatic heterocycles. The molecule has 0 saturated carbocycles. The predicted octanol–water partition coefficient (Wildman–Crippen LogP) is -1.48. The van der Waals surface area contributed by atoms with Crippen molar-refractivity contribution in [3.05, 3.63) is 36.9 Å². The van der Waals surface area contributed by atoms with Crippen molar-refractivity contribution in [3.8, 4) is 0 Å². The fourth-order valence-corrected chi connectivity index (χ4v) is 1.19. The van der Waals surface area contributed by atoms with E-state index in [1.54, 1.807) is 24.5 Å². The van der Waals surface area contributed by atoms with Crippen molar-refractivity contribution in [1.82, 2.24) is 19.6 Å². The van der Waals surface area contributed by atoms with E-state index in [1.807, 2.05) is 0 Å². The Hall–Kier alpha value is -1.58. The Morgan fingerprint density at radius 2 is 1.39 bits per heavy atom. The molecule has 0 aromatic carbocycles. The molecular weight excluding hydrogens is 330 g/mol. The Morgan fingerprint density at radius 3 is 1.61 bits per heavy atom. The zero-order valence-electron chi connectivity index (χ0n) is 8.75. The van der Waals surface area contributed by atoms with Crippen molar-refractivity contribution in [3.63, 3.8) is 0 Å². The van der Waals surface area contributed by atoms with Gasteiger partial charge in [-0.05, 0) is 12.1 Å². The van der Waals surface area contributed by atoms with Crippen LogP contribution < -0.4 is 5.11 Å². The zero-order chi connectivity index (χ0) is 9.97. The number of carbonyl (C=O) groups excluding carboxylic acids is 1. The summed E-state index contributed by atoms with van der Waals surface area (Å²) in [5.41, 5.74) is 0. The van der Waals surface area contributed by atoms with E-state index in [9.17, 15) is 9.90 Å². The van der Waals surface area contributed by atoms with E-state index in [2.05, 4.69) is 10.2 Å². The molecular formula is C8H7N4O5Tc. The third-order valence-corrected chi connectivity index (χ3v) is 1.76. The normalized spacial score (nSPS) is 8.28. The first-order valence-corrected chi connectivity index (χ1v) is 3.98. The summed E-state index contributed by atoms with van der Waals surface area (Å²) in [6.07, 6.45) is 5.06. The molecule has 0 spiro atoms. The molecule has 0 atom stereocenters. The van der Waals surface area contributed by atoms with Crippen LogP contribution in [0.3, 0.4) is 0 Å². The van der Waals surface area contributed by atoms with Crippen LogP contribution in [-0.4, -0.2) is 25.5 Å². The van der Waals surface area contributed by atoms with E-state index in [-0.39, 0.29) is 36.5 Å². The first-order valence-electron chi connectivity index (χ1n) is 3.98. The second-order valence-corrected chi connectivity index (χ2v) is 2.66. The van der Waals surface area contributed by atoms with Gasteiger partial charge in [0.05, 0.1) is 5.97 Å². The van der Waals surface area contributed by atoms with E-state index in [4.69, 9.17) is 0 Å². The molecule has 18 heavy (non-hydrogen) atoms. The minimum absolute atomic E-state index is 0. The van der Waals surface area contributed by atoms with E-state index < -0.39 is 12.1 Å². The van der Waals surface area contributed by atoms with Gasteiger partial charge in [0.15, 0.2) is 6.17 Å². The van der Waals surface area contributed by atoms with Gasteiger partial charge in [-0.3, -0.25) is 0 Å². The molecule has 2 heterocycles. The summed E-state index contributed by atoms with van der Waals surface area (Å²) in [4.78, 5) is 10.9. The summed E-state index contributed by atoms with van der Waals surface area (Å²) in [6, 6.07) is 3.28. The van der Waals surface area contributed by atoms with E-state index in [0.717, 1.165) is 0 Å². The summed E-state index contributed by atoms with van der Waals surface area (Å²) in [6.45, 7) is 0. The van der Waals surface area contributed by atoms with Crippen LogP contribution in [0.15, 0.2) is 36.9 Å². The van der Waals surface area contributed by atoms with E-state index in [1.165, 1.54) is 21.8 Å². The van der Waals surface area contributed by atoms with Gasteiger partial charge in [-0.15, -0.1) is 0 Å². The number of aliphatic carboxylic acids is 1. The SMILES string of the molecule is O=C([O-])C(n1cccn1)n1cccn1.[O-2].[O-2].[O-2].[Tc+7]. The number of carboxylic acid groups (broad SMARTS) is 1. The van der Waals surface area contributed by atoms with Gasteiger partial charge in [0.1, 0.15) is 0 Å². The van der Waals surface area contributed by atoms with Gasteiger partial charge in [-0.25, -0.2) is 9.36 Å². The summed E-state index contributed by atoms with van der Waals surface area (Å²) in [5.74, 6) is -1.25. The number of rotatable bonds is 3. The van der Waals surface area contributed by atoms with Crippen molar-refractivity contribution in [2.75, 3.05) is 0 Å². The molecule has 0 radical (unpaired) electrons. The molecule has 0 aliphatic rings. The Morgan fingerprint density at radius 1 is 1.00 bits per heavy atom. The Bertz CT molecular complexity index is 384. The van der Waals surface area contributed by atoms with Gasteiger partial charge >= 0.3 is 20.1 Å². The molecule has 0 N–H and O–H groups in total. The maximum absolute atomic E-state index is 10.9. The summed E-state index contributed by atoms with van der Waals surface area (Å²) >= 11 is 0. The fraction of sp³-hybridized carbons (Fsp3) is 0.125. The van der Waals surface area contributed by atoms with Gasteiger partial charge < -0.3 is 26.3 Å². The van der Waals surface area contributed by atoms with Crippen molar-refractivity contribution in [2.45, 2.75) is 6.17 Å². The Labute approximate surface area is 115 Å². The average Bonchev–Trinajstić information content (AvgIpc) is 2.75. The minimum Gasteiger partial charge on any atom is -2.00 e. The number of carbonyl (C=O) groups is 1. The molecule has 96 valence electrons. The van der Waals surface area contributed by atoms with Crippen LogP contribution in [0, 0.1) is 0 Å². The van der Waals surface area contributed by atoms with Crippen LogP contribution in [-0.2, 0) is 41.3 Å². The Kier molecular flexibility index (Phi) is 11.4. The number of nitrogens with zero attached hydrogens (tertiary/aromatic N) is 4. The van der Waals surface area contributed by atoms with E-state index in [0.29, 0.717) is 0 Å². The zero-order valence-corrected chi connectivity index (χ0v) is 10.6. The molecule has 0 unspecified atom stereocenters. The van der Waals surface area contributed by atoms with Crippen LogP contribution in [0.25, 0.3) is 0 Å². The van der Waals surface area contributed by atoms with Crippen molar-refractivity contribution in [2.24, 2.45) is 0 Å². The second-order valence-electron chi connectivity index (χ2n) is 2.66. The number of aromatic nitrogens is 4. The maximum Gasteiger partial charge on any atom is 7.00 e. The molecule has 0 saturated heterocycles. The molecule has 10 heteroatoms. The van der Waals surface area contributed by atoms with Crippen LogP contribution >= 0.6 is 0 Å². The molecule has 0 aliphatic carbocycles. The summed E-state index contributed by atoms with van der Waals surface area (Å²) in [5, 5.41) is 18.5. The van der Waals surface area contributed by atoms with Crippen LogP contribution in [0.4, 0.5) is 0 Å². The van der Waals surface area contributed by atoms with Crippen LogP contribution in [0.1, 0.15) is 6.17 Å². The number of hydrogen-bond donors (Lipinski definition) is 0. The maximum atomic E-state index is 10.9. The van der Waals surface area contributed by atoms with Gasteiger partial charge in [0.25, 0.3) is 0 Å². The van der Waals surface area contributed by atoms with Gasteiger partial charge in [-0.1, -0.05) is 0 Å². The Balaban J connectivity index is -0.000000562. The molecule has 2 aromatic rings. The largest absolute Gasteiger partial charge is 7.00 e. The predicted molar refractivity (Wildman–Crippen MR) is 46.0 cm³/mol. The van der Waals surface area contributed by atoms with Crippen LogP contribution in [0.5, 0.6) is 0 Å².